The van der Waals surface area contributed by atoms with Crippen molar-refractivity contribution < 1.29 is 9.59 Å². The minimum Gasteiger partial charge on any atom is -0.324 e. The number of benzene rings is 2. The van der Waals surface area contributed by atoms with Crippen molar-refractivity contribution in [2.24, 2.45) is 10.9 Å². The standard InChI is InChI=1S/C21H20ClN3O2/c1-13-9-10-14(22)11-18(13)24-20(26)12-25-19-8-3-2-6-17(19)23-16-7-4-5-15(16)21(25)27/h2-3,6,8-11,15H,4-5,7,12H2,1H3,(H,24,26)/t15-/m0/s1. The Balaban J connectivity index is 1.62. The fourth-order valence-electron chi connectivity index (χ4n) is 3.70. The van der Waals surface area contributed by atoms with Crippen LogP contribution in [0, 0.1) is 12.8 Å². The van der Waals surface area contributed by atoms with Gasteiger partial charge in [-0.25, -0.2) is 0 Å². The van der Waals surface area contributed by atoms with Gasteiger partial charge in [-0.15, -0.1) is 0 Å². The van der Waals surface area contributed by atoms with Crippen molar-refractivity contribution in [1.29, 1.82) is 0 Å². The summed E-state index contributed by atoms with van der Waals surface area (Å²) in [6.45, 7) is 1.85. The highest BCUT2D eigenvalue weighted by molar-refractivity contribution is 6.31. The Morgan fingerprint density at radius 1 is 1.30 bits per heavy atom. The summed E-state index contributed by atoms with van der Waals surface area (Å²) in [5, 5.41) is 3.43. The van der Waals surface area contributed by atoms with E-state index in [1.54, 1.807) is 17.0 Å². The third-order valence-corrected chi connectivity index (χ3v) is 5.34. The third-order valence-electron chi connectivity index (χ3n) is 5.10. The molecule has 1 saturated carbocycles. The van der Waals surface area contributed by atoms with E-state index in [0.717, 1.165) is 36.2 Å². The van der Waals surface area contributed by atoms with E-state index in [2.05, 4.69) is 5.32 Å². The van der Waals surface area contributed by atoms with E-state index in [0.29, 0.717) is 16.4 Å². The molecule has 0 bridgehead atoms. The number of para-hydroxylation sites is 2. The number of carbonyl (C=O) groups is 2. The van der Waals surface area contributed by atoms with Crippen LogP contribution in [0.4, 0.5) is 17.1 Å². The maximum Gasteiger partial charge on any atom is 0.244 e. The molecular weight excluding hydrogens is 362 g/mol. The Bertz CT molecular complexity index is 954. The van der Waals surface area contributed by atoms with E-state index in [1.807, 2.05) is 37.3 Å². The number of rotatable bonds is 3. The predicted octanol–water partition coefficient (Wildman–Crippen LogP) is 4.51. The summed E-state index contributed by atoms with van der Waals surface area (Å²) < 4.78 is 0. The second kappa shape index (κ2) is 7.16. The Morgan fingerprint density at radius 2 is 2.11 bits per heavy atom. The first-order valence-corrected chi connectivity index (χ1v) is 9.44. The maximum atomic E-state index is 13.1. The van der Waals surface area contributed by atoms with Crippen molar-refractivity contribution in [2.75, 3.05) is 16.8 Å². The molecule has 1 heterocycles. The number of anilines is 2. The van der Waals surface area contributed by atoms with Crippen molar-refractivity contribution >= 4 is 46.2 Å². The molecule has 4 rings (SSSR count). The molecule has 0 radical (unpaired) electrons. The Labute approximate surface area is 163 Å². The quantitative estimate of drug-likeness (QED) is 0.850. The summed E-state index contributed by atoms with van der Waals surface area (Å²) in [4.78, 5) is 32.2. The van der Waals surface area contributed by atoms with Gasteiger partial charge in [-0.2, -0.15) is 0 Å². The first-order valence-electron chi connectivity index (χ1n) is 9.07. The number of nitrogens with one attached hydrogen (secondary N) is 1. The lowest BCUT2D eigenvalue weighted by Gasteiger charge is -2.24. The van der Waals surface area contributed by atoms with Crippen LogP contribution in [0.2, 0.25) is 5.02 Å². The van der Waals surface area contributed by atoms with Crippen LogP contribution in [0.5, 0.6) is 0 Å². The zero-order valence-electron chi connectivity index (χ0n) is 15.0. The molecule has 0 saturated heterocycles. The normalized spacial score (nSPS) is 18.4. The number of hydrogen-bond donors (Lipinski definition) is 1. The molecule has 1 fully saturated rings. The number of hydrogen-bond acceptors (Lipinski definition) is 3. The number of nitrogens with zero attached hydrogens (tertiary/aromatic N) is 2. The van der Waals surface area contributed by atoms with E-state index >= 15 is 0 Å². The van der Waals surface area contributed by atoms with Crippen LogP contribution in [0.1, 0.15) is 24.8 Å². The molecule has 0 unspecified atom stereocenters. The van der Waals surface area contributed by atoms with E-state index in [-0.39, 0.29) is 24.3 Å². The summed E-state index contributed by atoms with van der Waals surface area (Å²) in [5.41, 5.74) is 3.93. The molecule has 2 aromatic carbocycles. The van der Waals surface area contributed by atoms with Crippen LogP contribution in [-0.4, -0.2) is 24.1 Å². The van der Waals surface area contributed by atoms with Gasteiger partial charge in [-0.1, -0.05) is 29.8 Å². The Kier molecular flexibility index (Phi) is 4.70. The molecule has 2 amide bonds. The smallest absolute Gasteiger partial charge is 0.244 e. The van der Waals surface area contributed by atoms with Gasteiger partial charge in [0.15, 0.2) is 0 Å². The number of amides is 2. The lowest BCUT2D eigenvalue weighted by atomic mass is 10.1. The molecule has 1 atom stereocenters. The summed E-state index contributed by atoms with van der Waals surface area (Å²) in [5.74, 6) is -0.530. The van der Waals surface area contributed by atoms with Crippen LogP contribution < -0.4 is 10.2 Å². The van der Waals surface area contributed by atoms with Crippen LogP contribution in [0.15, 0.2) is 47.5 Å². The SMILES string of the molecule is Cc1ccc(Cl)cc1NC(=O)CN1C(=O)[C@H]2CCCC2=Nc2ccccc21. The van der Waals surface area contributed by atoms with Crippen molar-refractivity contribution in [3.63, 3.8) is 0 Å². The van der Waals surface area contributed by atoms with Gasteiger partial charge in [0.05, 0.1) is 17.3 Å². The molecule has 0 aromatic heterocycles. The highest BCUT2D eigenvalue weighted by Crippen LogP contribution is 2.37. The van der Waals surface area contributed by atoms with Gasteiger partial charge in [-0.05, 0) is 56.0 Å². The van der Waals surface area contributed by atoms with Crippen LogP contribution in [0.3, 0.4) is 0 Å². The Morgan fingerprint density at radius 3 is 2.96 bits per heavy atom. The highest BCUT2D eigenvalue weighted by Gasteiger charge is 2.37. The lowest BCUT2D eigenvalue weighted by Crippen LogP contribution is -2.41. The second-order valence-electron chi connectivity index (χ2n) is 6.97. The number of aryl methyl sites for hydroxylation is 1. The van der Waals surface area contributed by atoms with Crippen molar-refractivity contribution in [3.05, 3.63) is 53.1 Å². The lowest BCUT2D eigenvalue weighted by molar-refractivity contribution is -0.122. The van der Waals surface area contributed by atoms with Gasteiger partial charge in [-0.3, -0.25) is 14.6 Å². The van der Waals surface area contributed by atoms with Crippen molar-refractivity contribution in [2.45, 2.75) is 26.2 Å². The molecule has 2 aliphatic rings. The van der Waals surface area contributed by atoms with Gasteiger partial charge < -0.3 is 10.2 Å². The molecular formula is C21H20ClN3O2. The molecule has 6 heteroatoms. The van der Waals surface area contributed by atoms with Crippen molar-refractivity contribution in [1.82, 2.24) is 0 Å². The first kappa shape index (κ1) is 17.7. The number of aliphatic imine (C=N–C) groups is 1. The zero-order chi connectivity index (χ0) is 19.0. The van der Waals surface area contributed by atoms with Crippen LogP contribution in [0.25, 0.3) is 0 Å². The molecule has 1 N–H and O–H groups in total. The minimum atomic E-state index is -0.259. The summed E-state index contributed by atoms with van der Waals surface area (Å²) in [7, 11) is 0. The molecule has 5 nitrogen and oxygen atoms in total. The van der Waals surface area contributed by atoms with E-state index < -0.39 is 0 Å². The number of halogens is 1. The monoisotopic (exact) mass is 381 g/mol. The average molecular weight is 382 g/mol. The van der Waals surface area contributed by atoms with E-state index in [1.165, 1.54) is 0 Å². The van der Waals surface area contributed by atoms with Gasteiger partial charge in [0.2, 0.25) is 11.8 Å². The zero-order valence-corrected chi connectivity index (χ0v) is 15.8. The predicted molar refractivity (Wildman–Crippen MR) is 108 cm³/mol. The first-order chi connectivity index (χ1) is 13.0. The van der Waals surface area contributed by atoms with Gasteiger partial charge >= 0.3 is 0 Å². The number of carbonyl (C=O) groups excluding carboxylic acids is 2. The van der Waals surface area contributed by atoms with E-state index in [4.69, 9.17) is 16.6 Å². The van der Waals surface area contributed by atoms with Gasteiger partial charge in [0.25, 0.3) is 0 Å². The maximum absolute atomic E-state index is 13.1. The summed E-state index contributed by atoms with van der Waals surface area (Å²) in [6, 6.07) is 12.8. The Hall–Kier alpha value is -2.66. The highest BCUT2D eigenvalue weighted by atomic mass is 35.5. The molecule has 27 heavy (non-hydrogen) atoms. The topological polar surface area (TPSA) is 61.8 Å². The number of fused-ring (bicyclic) bond motifs is 2. The van der Waals surface area contributed by atoms with Crippen LogP contribution >= 0.6 is 11.6 Å². The van der Waals surface area contributed by atoms with Crippen molar-refractivity contribution in [3.8, 4) is 0 Å². The molecule has 2 aromatic rings. The third kappa shape index (κ3) is 3.47. The fourth-order valence-corrected chi connectivity index (χ4v) is 3.87. The largest absolute Gasteiger partial charge is 0.324 e. The summed E-state index contributed by atoms with van der Waals surface area (Å²) >= 11 is 6.03. The average Bonchev–Trinajstić information content (AvgIpc) is 3.07. The second-order valence-corrected chi connectivity index (χ2v) is 7.40. The van der Waals surface area contributed by atoms with Gasteiger partial charge in [0, 0.05) is 16.4 Å². The van der Waals surface area contributed by atoms with Gasteiger partial charge in [0.1, 0.15) is 6.54 Å². The molecule has 1 aliphatic heterocycles. The minimum absolute atomic E-state index is 0.0471. The van der Waals surface area contributed by atoms with Crippen LogP contribution in [-0.2, 0) is 9.59 Å². The van der Waals surface area contributed by atoms with E-state index in [9.17, 15) is 9.59 Å². The summed E-state index contributed by atoms with van der Waals surface area (Å²) in [6.07, 6.45) is 2.59. The molecule has 1 aliphatic carbocycles. The fraction of sp³-hybridized carbons (Fsp3) is 0.286. The molecule has 0 spiro atoms. The molecule has 138 valence electrons.